The Balaban J connectivity index is 2.33. The van der Waals surface area contributed by atoms with E-state index in [0.717, 1.165) is 11.3 Å². The third-order valence-electron chi connectivity index (χ3n) is 2.94. The second-order valence-corrected chi connectivity index (χ2v) is 5.19. The second kappa shape index (κ2) is 6.38. The zero-order chi connectivity index (χ0) is 14.5. The van der Waals surface area contributed by atoms with Gasteiger partial charge in [0.25, 0.3) is 5.91 Å². The van der Waals surface area contributed by atoms with Crippen LogP contribution in [0.2, 0.25) is 0 Å². The normalized spacial score (nSPS) is 9.75. The molecule has 0 saturated heterocycles. The quantitative estimate of drug-likeness (QED) is 0.862. The first kappa shape index (κ1) is 14.3. The van der Waals surface area contributed by atoms with E-state index in [1.807, 2.05) is 36.6 Å². The van der Waals surface area contributed by atoms with Gasteiger partial charge in [0.1, 0.15) is 11.5 Å². The Hall–Kier alpha value is -2.09. The van der Waals surface area contributed by atoms with E-state index in [1.54, 1.807) is 18.0 Å². The molecule has 1 aromatic carbocycles. The van der Waals surface area contributed by atoms with Crippen molar-refractivity contribution in [2.45, 2.75) is 6.92 Å². The SMILES string of the molecule is Cc1ccccc1N(C)C(=O)c1sccc1C#CCO. The van der Waals surface area contributed by atoms with Crippen LogP contribution >= 0.6 is 11.3 Å². The molecule has 0 bridgehead atoms. The number of amides is 1. The summed E-state index contributed by atoms with van der Waals surface area (Å²) in [7, 11) is 1.76. The van der Waals surface area contributed by atoms with Gasteiger partial charge in [0, 0.05) is 18.3 Å². The zero-order valence-electron chi connectivity index (χ0n) is 11.4. The lowest BCUT2D eigenvalue weighted by molar-refractivity contribution is 0.0996. The molecule has 0 fully saturated rings. The number of carbonyl (C=O) groups excluding carboxylic acids is 1. The van der Waals surface area contributed by atoms with Crippen molar-refractivity contribution in [3.8, 4) is 11.8 Å². The molecule has 0 aliphatic rings. The van der Waals surface area contributed by atoms with Gasteiger partial charge in [-0.25, -0.2) is 0 Å². The summed E-state index contributed by atoms with van der Waals surface area (Å²) < 4.78 is 0. The van der Waals surface area contributed by atoms with Gasteiger partial charge in [-0.2, -0.15) is 0 Å². The maximum absolute atomic E-state index is 12.5. The van der Waals surface area contributed by atoms with Crippen LogP contribution in [0.25, 0.3) is 0 Å². The molecule has 2 rings (SSSR count). The number of aliphatic hydroxyl groups is 1. The van der Waals surface area contributed by atoms with Gasteiger partial charge in [-0.1, -0.05) is 30.0 Å². The lowest BCUT2D eigenvalue weighted by Crippen LogP contribution is -2.26. The van der Waals surface area contributed by atoms with Crippen LogP contribution in [-0.4, -0.2) is 24.7 Å². The van der Waals surface area contributed by atoms with E-state index in [2.05, 4.69) is 11.8 Å². The van der Waals surface area contributed by atoms with Crippen LogP contribution in [0.1, 0.15) is 20.8 Å². The first-order chi connectivity index (χ1) is 9.65. The van der Waals surface area contributed by atoms with Crippen molar-refractivity contribution in [1.82, 2.24) is 0 Å². The molecule has 0 unspecified atom stereocenters. The molecule has 0 spiro atoms. The van der Waals surface area contributed by atoms with Gasteiger partial charge >= 0.3 is 0 Å². The van der Waals surface area contributed by atoms with Crippen molar-refractivity contribution in [1.29, 1.82) is 0 Å². The molecular formula is C16H15NO2S. The van der Waals surface area contributed by atoms with Gasteiger partial charge in [0.2, 0.25) is 0 Å². The highest BCUT2D eigenvalue weighted by Gasteiger charge is 2.18. The standard InChI is InChI=1S/C16H15NO2S/c1-12-6-3-4-8-14(12)17(2)16(19)15-13(7-5-10-18)9-11-20-15/h3-4,6,8-9,11,18H,10H2,1-2H3. The third kappa shape index (κ3) is 2.90. The van der Waals surface area contributed by atoms with Crippen LogP contribution in [0, 0.1) is 18.8 Å². The van der Waals surface area contributed by atoms with E-state index in [1.165, 1.54) is 11.3 Å². The average molecular weight is 285 g/mol. The Morgan fingerprint density at radius 3 is 2.80 bits per heavy atom. The molecule has 102 valence electrons. The number of carbonyl (C=O) groups is 1. The second-order valence-electron chi connectivity index (χ2n) is 4.27. The first-order valence-corrected chi connectivity index (χ1v) is 7.04. The number of anilines is 1. The molecular weight excluding hydrogens is 270 g/mol. The van der Waals surface area contributed by atoms with Crippen LogP contribution in [0.15, 0.2) is 35.7 Å². The van der Waals surface area contributed by atoms with Gasteiger partial charge in [-0.3, -0.25) is 4.79 Å². The highest BCUT2D eigenvalue weighted by Crippen LogP contribution is 2.23. The van der Waals surface area contributed by atoms with E-state index in [4.69, 9.17) is 5.11 Å². The molecule has 1 aromatic heterocycles. The van der Waals surface area contributed by atoms with Gasteiger partial charge in [-0.05, 0) is 30.0 Å². The summed E-state index contributed by atoms with van der Waals surface area (Å²) in [5, 5.41) is 10.6. The lowest BCUT2D eigenvalue weighted by atomic mass is 10.1. The maximum atomic E-state index is 12.5. The van der Waals surface area contributed by atoms with Crippen LogP contribution in [-0.2, 0) is 0 Å². The third-order valence-corrected chi connectivity index (χ3v) is 3.85. The van der Waals surface area contributed by atoms with Gasteiger partial charge < -0.3 is 10.0 Å². The number of hydrogen-bond acceptors (Lipinski definition) is 3. The summed E-state index contributed by atoms with van der Waals surface area (Å²) >= 11 is 1.36. The molecule has 1 heterocycles. The van der Waals surface area contributed by atoms with Gasteiger partial charge in [0.15, 0.2) is 0 Å². The summed E-state index contributed by atoms with van der Waals surface area (Å²) in [5.41, 5.74) is 2.59. The minimum Gasteiger partial charge on any atom is -0.384 e. The smallest absolute Gasteiger partial charge is 0.269 e. The molecule has 1 N–H and O–H groups in total. The van der Waals surface area contributed by atoms with E-state index in [-0.39, 0.29) is 12.5 Å². The summed E-state index contributed by atoms with van der Waals surface area (Å²) in [6.45, 7) is 1.76. The summed E-state index contributed by atoms with van der Waals surface area (Å²) in [5.74, 6) is 5.30. The maximum Gasteiger partial charge on any atom is 0.269 e. The van der Waals surface area contributed by atoms with Crippen LogP contribution in [0.4, 0.5) is 5.69 Å². The lowest BCUT2D eigenvalue weighted by Gasteiger charge is -2.19. The monoisotopic (exact) mass is 285 g/mol. The van der Waals surface area contributed by atoms with Crippen molar-refractivity contribution in [2.24, 2.45) is 0 Å². The largest absolute Gasteiger partial charge is 0.384 e. The Bertz CT molecular complexity index is 679. The molecule has 3 nitrogen and oxygen atoms in total. The Labute approximate surface area is 122 Å². The summed E-state index contributed by atoms with van der Waals surface area (Å²) in [6.07, 6.45) is 0. The molecule has 0 aliphatic heterocycles. The molecule has 0 saturated carbocycles. The van der Waals surface area contributed by atoms with E-state index < -0.39 is 0 Å². The van der Waals surface area contributed by atoms with E-state index in [9.17, 15) is 4.79 Å². The number of para-hydroxylation sites is 1. The number of benzene rings is 1. The van der Waals surface area contributed by atoms with E-state index >= 15 is 0 Å². The Kier molecular flexibility index (Phi) is 4.57. The Morgan fingerprint density at radius 1 is 1.35 bits per heavy atom. The summed E-state index contributed by atoms with van der Waals surface area (Å²) in [6, 6.07) is 9.54. The topological polar surface area (TPSA) is 40.5 Å². The fraction of sp³-hybridized carbons (Fsp3) is 0.188. The van der Waals surface area contributed by atoms with Crippen molar-refractivity contribution in [3.05, 3.63) is 51.7 Å². The zero-order valence-corrected chi connectivity index (χ0v) is 12.2. The highest BCUT2D eigenvalue weighted by molar-refractivity contribution is 7.12. The predicted molar refractivity (Wildman–Crippen MR) is 82.2 cm³/mol. The van der Waals surface area contributed by atoms with Gasteiger partial charge in [-0.15, -0.1) is 11.3 Å². The molecule has 20 heavy (non-hydrogen) atoms. The Morgan fingerprint density at radius 2 is 2.10 bits per heavy atom. The number of thiophene rings is 1. The number of aryl methyl sites for hydroxylation is 1. The van der Waals surface area contributed by atoms with E-state index in [0.29, 0.717) is 10.4 Å². The van der Waals surface area contributed by atoms with Crippen LogP contribution < -0.4 is 4.90 Å². The number of aliphatic hydroxyl groups excluding tert-OH is 1. The number of hydrogen-bond donors (Lipinski definition) is 1. The fourth-order valence-electron chi connectivity index (χ4n) is 1.91. The highest BCUT2D eigenvalue weighted by atomic mass is 32.1. The summed E-state index contributed by atoms with van der Waals surface area (Å²) in [4.78, 5) is 14.8. The van der Waals surface area contributed by atoms with Crippen molar-refractivity contribution < 1.29 is 9.90 Å². The number of rotatable bonds is 2. The van der Waals surface area contributed by atoms with Crippen LogP contribution in [0.5, 0.6) is 0 Å². The van der Waals surface area contributed by atoms with Crippen molar-refractivity contribution in [3.63, 3.8) is 0 Å². The minimum atomic E-state index is -0.211. The first-order valence-electron chi connectivity index (χ1n) is 6.16. The molecule has 4 heteroatoms. The minimum absolute atomic E-state index is 0.0865. The number of nitrogens with zero attached hydrogens (tertiary/aromatic N) is 1. The van der Waals surface area contributed by atoms with Crippen molar-refractivity contribution in [2.75, 3.05) is 18.6 Å². The molecule has 0 radical (unpaired) electrons. The molecule has 0 atom stereocenters. The van der Waals surface area contributed by atoms with Gasteiger partial charge in [0.05, 0.1) is 0 Å². The average Bonchev–Trinajstić information content (AvgIpc) is 2.92. The fourth-order valence-corrected chi connectivity index (χ4v) is 2.73. The molecule has 1 amide bonds. The van der Waals surface area contributed by atoms with Crippen molar-refractivity contribution >= 4 is 22.9 Å². The predicted octanol–water partition coefficient (Wildman–Crippen LogP) is 2.68. The molecule has 2 aromatic rings. The molecule has 0 aliphatic carbocycles. The van der Waals surface area contributed by atoms with Crippen LogP contribution in [0.3, 0.4) is 0 Å².